The molecule has 1 atom stereocenters. The van der Waals surface area contributed by atoms with Crippen molar-refractivity contribution >= 4 is 33.4 Å². The van der Waals surface area contributed by atoms with Crippen molar-refractivity contribution in [2.45, 2.75) is 12.8 Å². The van der Waals surface area contributed by atoms with E-state index in [0.717, 1.165) is 30.5 Å². The second kappa shape index (κ2) is 6.55. The van der Waals surface area contributed by atoms with Gasteiger partial charge in [0.1, 0.15) is 0 Å². The van der Waals surface area contributed by atoms with E-state index >= 15 is 0 Å². The van der Waals surface area contributed by atoms with Crippen LogP contribution in [0.5, 0.6) is 0 Å². The molecule has 2 rings (SSSR count). The lowest BCUT2D eigenvalue weighted by molar-refractivity contribution is 0.0951. The van der Waals surface area contributed by atoms with Crippen molar-refractivity contribution in [3.05, 3.63) is 33.3 Å². The van der Waals surface area contributed by atoms with E-state index in [0.29, 0.717) is 16.5 Å². The number of hydrogen-bond acceptors (Lipinski definition) is 2. The predicted molar refractivity (Wildman–Crippen MR) is 77.1 cm³/mol. The zero-order chi connectivity index (χ0) is 13.0. The average molecular weight is 332 g/mol. The molecule has 1 aliphatic rings. The number of nitrogens with one attached hydrogen (secondary N) is 2. The molecule has 98 valence electrons. The Morgan fingerprint density at radius 3 is 3.06 bits per heavy atom. The molecule has 2 N–H and O–H groups in total. The molecule has 0 bridgehead atoms. The topological polar surface area (TPSA) is 41.1 Å². The first-order valence-electron chi connectivity index (χ1n) is 6.11. The van der Waals surface area contributed by atoms with Crippen LogP contribution in [0.4, 0.5) is 0 Å². The number of rotatable bonds is 4. The molecule has 0 aromatic heterocycles. The van der Waals surface area contributed by atoms with Gasteiger partial charge < -0.3 is 10.6 Å². The summed E-state index contributed by atoms with van der Waals surface area (Å²) >= 11 is 9.27. The molecule has 1 fully saturated rings. The molecule has 1 amide bonds. The van der Waals surface area contributed by atoms with Crippen molar-refractivity contribution in [2.24, 2.45) is 5.92 Å². The van der Waals surface area contributed by atoms with Crippen LogP contribution in [0.25, 0.3) is 0 Å². The molecule has 1 aromatic rings. The molecule has 0 radical (unpaired) electrons. The van der Waals surface area contributed by atoms with Gasteiger partial charge in [0.25, 0.3) is 5.91 Å². The Morgan fingerprint density at radius 1 is 1.56 bits per heavy atom. The molecular weight excluding hydrogens is 316 g/mol. The molecule has 3 nitrogen and oxygen atoms in total. The van der Waals surface area contributed by atoms with Gasteiger partial charge >= 0.3 is 0 Å². The van der Waals surface area contributed by atoms with Crippen LogP contribution < -0.4 is 10.6 Å². The Hall–Kier alpha value is -0.580. The Bertz CT molecular complexity index is 433. The van der Waals surface area contributed by atoms with Gasteiger partial charge in [-0.3, -0.25) is 4.79 Å². The summed E-state index contributed by atoms with van der Waals surface area (Å²) in [5.74, 6) is 0.633. The van der Waals surface area contributed by atoms with Crippen molar-refractivity contribution in [3.63, 3.8) is 0 Å². The second-order valence-corrected chi connectivity index (χ2v) is 5.79. The fourth-order valence-corrected chi connectivity index (χ4v) is 2.52. The van der Waals surface area contributed by atoms with Crippen molar-refractivity contribution in [2.75, 3.05) is 19.6 Å². The smallest absolute Gasteiger partial charge is 0.251 e. The summed E-state index contributed by atoms with van der Waals surface area (Å²) in [6.45, 7) is 2.89. The van der Waals surface area contributed by atoms with Gasteiger partial charge in [-0.15, -0.1) is 0 Å². The molecule has 1 saturated heterocycles. The number of amides is 1. The number of benzene rings is 1. The monoisotopic (exact) mass is 330 g/mol. The van der Waals surface area contributed by atoms with Gasteiger partial charge in [0.2, 0.25) is 0 Å². The first-order valence-corrected chi connectivity index (χ1v) is 7.28. The number of hydrogen-bond donors (Lipinski definition) is 2. The molecule has 1 unspecified atom stereocenters. The first-order chi connectivity index (χ1) is 8.66. The highest BCUT2D eigenvalue weighted by atomic mass is 79.9. The molecule has 1 aromatic carbocycles. The molecule has 18 heavy (non-hydrogen) atoms. The van der Waals surface area contributed by atoms with Crippen LogP contribution in [0, 0.1) is 5.92 Å². The summed E-state index contributed by atoms with van der Waals surface area (Å²) in [5.41, 5.74) is 0.604. The predicted octanol–water partition coefficient (Wildman–Crippen LogP) is 2.83. The molecule has 1 heterocycles. The van der Waals surface area contributed by atoms with E-state index in [2.05, 4.69) is 26.6 Å². The average Bonchev–Trinajstić information content (AvgIpc) is 2.85. The minimum atomic E-state index is -0.0599. The minimum Gasteiger partial charge on any atom is -0.352 e. The molecule has 0 spiro atoms. The Balaban J connectivity index is 1.81. The quantitative estimate of drug-likeness (QED) is 0.891. The summed E-state index contributed by atoms with van der Waals surface area (Å²) in [6.07, 6.45) is 2.24. The SMILES string of the molecule is O=C(NCCC1CCNC1)c1ccc(Br)c(Cl)c1. The normalized spacial score (nSPS) is 18.9. The highest BCUT2D eigenvalue weighted by Crippen LogP contribution is 2.23. The molecule has 1 aliphatic heterocycles. The van der Waals surface area contributed by atoms with E-state index in [4.69, 9.17) is 11.6 Å². The minimum absolute atomic E-state index is 0.0599. The summed E-state index contributed by atoms with van der Waals surface area (Å²) in [4.78, 5) is 11.9. The van der Waals surface area contributed by atoms with Crippen molar-refractivity contribution in [3.8, 4) is 0 Å². The van der Waals surface area contributed by atoms with Crippen LogP contribution in [0.1, 0.15) is 23.2 Å². The summed E-state index contributed by atoms with van der Waals surface area (Å²) in [6, 6.07) is 5.23. The maximum absolute atomic E-state index is 11.9. The molecule has 0 aliphatic carbocycles. The van der Waals surface area contributed by atoms with Gasteiger partial charge in [-0.2, -0.15) is 0 Å². The van der Waals surface area contributed by atoms with Crippen LogP contribution in [-0.2, 0) is 0 Å². The molecule has 5 heteroatoms. The van der Waals surface area contributed by atoms with Gasteiger partial charge in [0.05, 0.1) is 5.02 Å². The Morgan fingerprint density at radius 2 is 2.39 bits per heavy atom. The third-order valence-electron chi connectivity index (χ3n) is 3.18. The van der Waals surface area contributed by atoms with Crippen LogP contribution >= 0.6 is 27.5 Å². The summed E-state index contributed by atoms with van der Waals surface area (Å²) in [5, 5.41) is 6.81. The van der Waals surface area contributed by atoms with Crippen LogP contribution in [-0.4, -0.2) is 25.5 Å². The van der Waals surface area contributed by atoms with Gasteiger partial charge in [-0.05, 0) is 66.0 Å². The Labute approximate surface area is 120 Å². The summed E-state index contributed by atoms with van der Waals surface area (Å²) < 4.78 is 0.803. The summed E-state index contributed by atoms with van der Waals surface area (Å²) in [7, 11) is 0. The zero-order valence-electron chi connectivity index (χ0n) is 10.0. The second-order valence-electron chi connectivity index (χ2n) is 4.53. The fraction of sp³-hybridized carbons (Fsp3) is 0.462. The standard InChI is InChI=1S/C13H16BrClN2O/c14-11-2-1-10(7-12(11)15)13(18)17-6-4-9-3-5-16-8-9/h1-2,7,9,16H,3-6,8H2,(H,17,18). The van der Waals surface area contributed by atoms with Crippen LogP contribution in [0.15, 0.2) is 22.7 Å². The lowest BCUT2D eigenvalue weighted by Crippen LogP contribution is -2.26. The highest BCUT2D eigenvalue weighted by molar-refractivity contribution is 9.10. The lowest BCUT2D eigenvalue weighted by atomic mass is 10.1. The third kappa shape index (κ3) is 3.70. The van der Waals surface area contributed by atoms with Gasteiger partial charge in [0.15, 0.2) is 0 Å². The maximum Gasteiger partial charge on any atom is 0.251 e. The molecular formula is C13H16BrClN2O. The van der Waals surface area contributed by atoms with E-state index < -0.39 is 0 Å². The van der Waals surface area contributed by atoms with Crippen molar-refractivity contribution in [1.82, 2.24) is 10.6 Å². The first kappa shape index (κ1) is 13.8. The van der Waals surface area contributed by atoms with E-state index in [1.165, 1.54) is 6.42 Å². The van der Waals surface area contributed by atoms with Gasteiger partial charge in [-0.25, -0.2) is 0 Å². The van der Waals surface area contributed by atoms with E-state index in [1.54, 1.807) is 18.2 Å². The van der Waals surface area contributed by atoms with E-state index in [9.17, 15) is 4.79 Å². The highest BCUT2D eigenvalue weighted by Gasteiger charge is 2.14. The zero-order valence-corrected chi connectivity index (χ0v) is 12.4. The maximum atomic E-state index is 11.9. The number of carbonyl (C=O) groups is 1. The van der Waals surface area contributed by atoms with E-state index in [1.807, 2.05) is 0 Å². The number of halogens is 2. The molecule has 0 saturated carbocycles. The van der Waals surface area contributed by atoms with Gasteiger partial charge in [-0.1, -0.05) is 11.6 Å². The van der Waals surface area contributed by atoms with E-state index in [-0.39, 0.29) is 5.91 Å². The largest absolute Gasteiger partial charge is 0.352 e. The third-order valence-corrected chi connectivity index (χ3v) is 4.41. The fourth-order valence-electron chi connectivity index (χ4n) is 2.09. The number of carbonyl (C=O) groups excluding carboxylic acids is 1. The van der Waals surface area contributed by atoms with Gasteiger partial charge in [0, 0.05) is 16.6 Å². The Kier molecular flexibility index (Phi) is 5.03. The van der Waals surface area contributed by atoms with Crippen LogP contribution in [0.3, 0.4) is 0 Å². The van der Waals surface area contributed by atoms with Crippen molar-refractivity contribution < 1.29 is 4.79 Å². The van der Waals surface area contributed by atoms with Crippen LogP contribution in [0.2, 0.25) is 5.02 Å². The lowest BCUT2D eigenvalue weighted by Gasteiger charge is -2.09. The van der Waals surface area contributed by atoms with Crippen molar-refractivity contribution in [1.29, 1.82) is 0 Å².